The van der Waals surface area contributed by atoms with E-state index < -0.39 is 11.9 Å². The number of ether oxygens (including phenoxy) is 1. The SMILES string of the molecule is NC(=O)[C@H](NC(=O)CCOCc1ccccc1)c1ccccc1. The maximum atomic E-state index is 11.9. The molecule has 5 nitrogen and oxygen atoms in total. The molecule has 0 aliphatic rings. The van der Waals surface area contributed by atoms with Crippen LogP contribution in [0, 0.1) is 0 Å². The van der Waals surface area contributed by atoms with Crippen molar-refractivity contribution in [3.63, 3.8) is 0 Å². The molecule has 0 aliphatic carbocycles. The molecule has 0 aromatic heterocycles. The van der Waals surface area contributed by atoms with Crippen molar-refractivity contribution in [2.75, 3.05) is 6.61 Å². The molecule has 0 bridgehead atoms. The van der Waals surface area contributed by atoms with E-state index in [9.17, 15) is 9.59 Å². The summed E-state index contributed by atoms with van der Waals surface area (Å²) in [4.78, 5) is 23.5. The third-order valence-electron chi connectivity index (χ3n) is 3.31. The Morgan fingerprint density at radius 1 is 1.00 bits per heavy atom. The zero-order valence-corrected chi connectivity index (χ0v) is 12.8. The molecule has 2 amide bonds. The van der Waals surface area contributed by atoms with E-state index in [4.69, 9.17) is 10.5 Å². The normalized spacial score (nSPS) is 11.7. The highest BCUT2D eigenvalue weighted by molar-refractivity contribution is 5.87. The summed E-state index contributed by atoms with van der Waals surface area (Å²) in [6.45, 7) is 0.729. The van der Waals surface area contributed by atoms with Gasteiger partial charge in [0.15, 0.2) is 0 Å². The van der Waals surface area contributed by atoms with Crippen molar-refractivity contribution < 1.29 is 14.3 Å². The van der Waals surface area contributed by atoms with Crippen LogP contribution in [0.2, 0.25) is 0 Å². The molecular weight excluding hydrogens is 292 g/mol. The third-order valence-corrected chi connectivity index (χ3v) is 3.31. The number of carbonyl (C=O) groups is 2. The van der Waals surface area contributed by atoms with Gasteiger partial charge >= 0.3 is 0 Å². The Labute approximate surface area is 135 Å². The summed E-state index contributed by atoms with van der Waals surface area (Å²) in [5, 5.41) is 2.64. The van der Waals surface area contributed by atoms with Gasteiger partial charge in [0.2, 0.25) is 11.8 Å². The van der Waals surface area contributed by atoms with Crippen molar-refractivity contribution in [2.24, 2.45) is 5.73 Å². The summed E-state index contributed by atoms with van der Waals surface area (Å²) in [7, 11) is 0. The van der Waals surface area contributed by atoms with E-state index in [1.807, 2.05) is 36.4 Å². The molecule has 2 aromatic carbocycles. The number of nitrogens with two attached hydrogens (primary N) is 1. The monoisotopic (exact) mass is 312 g/mol. The van der Waals surface area contributed by atoms with Gasteiger partial charge in [-0.3, -0.25) is 9.59 Å². The summed E-state index contributed by atoms with van der Waals surface area (Å²) in [5.74, 6) is -0.861. The number of primary amides is 1. The molecule has 0 saturated carbocycles. The Bertz CT molecular complexity index is 629. The van der Waals surface area contributed by atoms with E-state index in [1.54, 1.807) is 24.3 Å². The van der Waals surface area contributed by atoms with Crippen LogP contribution in [0.25, 0.3) is 0 Å². The minimum absolute atomic E-state index is 0.170. The molecule has 5 heteroatoms. The van der Waals surface area contributed by atoms with E-state index in [0.717, 1.165) is 5.56 Å². The van der Waals surface area contributed by atoms with Gasteiger partial charge in [0.25, 0.3) is 0 Å². The van der Waals surface area contributed by atoms with E-state index >= 15 is 0 Å². The van der Waals surface area contributed by atoms with Gasteiger partial charge in [0.05, 0.1) is 19.6 Å². The number of amides is 2. The van der Waals surface area contributed by atoms with Crippen LogP contribution < -0.4 is 11.1 Å². The predicted octanol–water partition coefficient (Wildman–Crippen LogP) is 1.94. The maximum absolute atomic E-state index is 11.9. The van der Waals surface area contributed by atoms with E-state index in [-0.39, 0.29) is 18.9 Å². The van der Waals surface area contributed by atoms with Crippen LogP contribution >= 0.6 is 0 Å². The number of nitrogens with one attached hydrogen (secondary N) is 1. The van der Waals surface area contributed by atoms with Crippen LogP contribution in [0.3, 0.4) is 0 Å². The van der Waals surface area contributed by atoms with Crippen LogP contribution in [0.15, 0.2) is 60.7 Å². The lowest BCUT2D eigenvalue weighted by molar-refractivity contribution is -0.128. The summed E-state index contributed by atoms with van der Waals surface area (Å²) in [6, 6.07) is 17.8. The Hall–Kier alpha value is -2.66. The molecule has 0 spiro atoms. The van der Waals surface area contributed by atoms with Crippen LogP contribution in [0.1, 0.15) is 23.6 Å². The molecule has 0 unspecified atom stereocenters. The molecule has 0 radical (unpaired) electrons. The minimum Gasteiger partial charge on any atom is -0.376 e. The number of benzene rings is 2. The van der Waals surface area contributed by atoms with Crippen molar-refractivity contribution in [3.8, 4) is 0 Å². The first-order valence-corrected chi connectivity index (χ1v) is 7.42. The van der Waals surface area contributed by atoms with Gasteiger partial charge in [-0.2, -0.15) is 0 Å². The lowest BCUT2D eigenvalue weighted by Crippen LogP contribution is -2.37. The highest BCUT2D eigenvalue weighted by Crippen LogP contribution is 2.12. The first kappa shape index (κ1) is 16.7. The van der Waals surface area contributed by atoms with Gasteiger partial charge < -0.3 is 15.8 Å². The quantitative estimate of drug-likeness (QED) is 0.731. The fourth-order valence-corrected chi connectivity index (χ4v) is 2.13. The van der Waals surface area contributed by atoms with E-state index in [0.29, 0.717) is 12.2 Å². The van der Waals surface area contributed by atoms with Crippen LogP contribution in [0.5, 0.6) is 0 Å². The Kier molecular flexibility index (Phi) is 6.32. The van der Waals surface area contributed by atoms with Gasteiger partial charge in [-0.05, 0) is 11.1 Å². The summed E-state index contributed by atoms with van der Waals surface area (Å²) in [6.07, 6.45) is 0.170. The number of rotatable bonds is 8. The van der Waals surface area contributed by atoms with Crippen LogP contribution in [0.4, 0.5) is 0 Å². The summed E-state index contributed by atoms with van der Waals surface area (Å²) < 4.78 is 5.46. The molecule has 0 heterocycles. The number of hydrogen-bond acceptors (Lipinski definition) is 3. The fraction of sp³-hybridized carbons (Fsp3) is 0.222. The first-order valence-electron chi connectivity index (χ1n) is 7.42. The summed E-state index contributed by atoms with van der Waals surface area (Å²) in [5.41, 5.74) is 7.08. The first-order chi connectivity index (χ1) is 11.2. The molecule has 2 aromatic rings. The lowest BCUT2D eigenvalue weighted by atomic mass is 10.1. The Morgan fingerprint density at radius 2 is 1.61 bits per heavy atom. The second kappa shape index (κ2) is 8.70. The Morgan fingerprint density at radius 3 is 2.22 bits per heavy atom. The minimum atomic E-state index is -0.821. The second-order valence-corrected chi connectivity index (χ2v) is 5.10. The van der Waals surface area contributed by atoms with Crippen molar-refractivity contribution in [3.05, 3.63) is 71.8 Å². The van der Waals surface area contributed by atoms with Crippen molar-refractivity contribution >= 4 is 11.8 Å². The van der Waals surface area contributed by atoms with Gasteiger partial charge in [-0.25, -0.2) is 0 Å². The maximum Gasteiger partial charge on any atom is 0.244 e. The molecule has 0 aliphatic heterocycles. The van der Waals surface area contributed by atoms with Gasteiger partial charge in [-0.15, -0.1) is 0 Å². The molecule has 3 N–H and O–H groups in total. The van der Waals surface area contributed by atoms with Crippen molar-refractivity contribution in [1.29, 1.82) is 0 Å². The molecule has 2 rings (SSSR count). The highest BCUT2D eigenvalue weighted by Gasteiger charge is 2.19. The lowest BCUT2D eigenvalue weighted by Gasteiger charge is -2.15. The van der Waals surface area contributed by atoms with E-state index in [1.165, 1.54) is 0 Å². The predicted molar refractivity (Wildman–Crippen MR) is 87.2 cm³/mol. The van der Waals surface area contributed by atoms with Crippen LogP contribution in [-0.2, 0) is 20.9 Å². The topological polar surface area (TPSA) is 81.4 Å². The smallest absolute Gasteiger partial charge is 0.244 e. The standard InChI is InChI=1S/C18H20N2O3/c19-18(22)17(15-9-5-2-6-10-15)20-16(21)11-12-23-13-14-7-3-1-4-8-14/h1-10,17H,11-13H2,(H2,19,22)(H,20,21)/t17-/m1/s1. The van der Waals surface area contributed by atoms with Crippen molar-refractivity contribution in [1.82, 2.24) is 5.32 Å². The molecular formula is C18H20N2O3. The fourth-order valence-electron chi connectivity index (χ4n) is 2.13. The molecule has 120 valence electrons. The van der Waals surface area contributed by atoms with Gasteiger partial charge in [0.1, 0.15) is 6.04 Å². The largest absolute Gasteiger partial charge is 0.376 e. The second-order valence-electron chi connectivity index (χ2n) is 5.10. The number of hydrogen-bond donors (Lipinski definition) is 2. The summed E-state index contributed by atoms with van der Waals surface area (Å²) >= 11 is 0. The van der Waals surface area contributed by atoms with Gasteiger partial charge in [0, 0.05) is 0 Å². The average molecular weight is 312 g/mol. The Balaban J connectivity index is 1.77. The zero-order valence-electron chi connectivity index (χ0n) is 12.8. The van der Waals surface area contributed by atoms with Crippen LogP contribution in [-0.4, -0.2) is 18.4 Å². The van der Waals surface area contributed by atoms with Gasteiger partial charge in [-0.1, -0.05) is 60.7 Å². The average Bonchev–Trinajstić information content (AvgIpc) is 2.58. The zero-order chi connectivity index (χ0) is 16.5. The van der Waals surface area contributed by atoms with E-state index in [2.05, 4.69) is 5.32 Å². The number of carbonyl (C=O) groups excluding carboxylic acids is 2. The molecule has 23 heavy (non-hydrogen) atoms. The van der Waals surface area contributed by atoms with Crippen molar-refractivity contribution in [2.45, 2.75) is 19.1 Å². The molecule has 1 atom stereocenters. The molecule has 0 saturated heterocycles. The third kappa shape index (κ3) is 5.56. The highest BCUT2D eigenvalue weighted by atomic mass is 16.5. The molecule has 0 fully saturated rings.